The average molecular weight is 443 g/mol. The van der Waals surface area contributed by atoms with Crippen molar-refractivity contribution in [1.82, 2.24) is 0 Å². The van der Waals surface area contributed by atoms with Crippen LogP contribution in [0.25, 0.3) is 0 Å². The molecule has 8 bridgehead atoms. The molecule has 0 N–H and O–H groups in total. The van der Waals surface area contributed by atoms with Crippen LogP contribution in [0.1, 0.15) is 58.3 Å². The average Bonchev–Trinajstić information content (AvgIpc) is 3.60. The van der Waals surface area contributed by atoms with Crippen molar-refractivity contribution in [3.05, 3.63) is 0 Å². The van der Waals surface area contributed by atoms with E-state index in [0.717, 1.165) is 50.9 Å². The molecule has 0 aromatic carbocycles. The molecule has 0 amide bonds. The third-order valence-electron chi connectivity index (χ3n) is 10.9. The minimum Gasteiger partial charge on any atom is -0.462 e. The zero-order valence-corrected chi connectivity index (χ0v) is 18.8. The molecule has 8 aliphatic rings. The Bertz CT molecular complexity index is 853. The van der Waals surface area contributed by atoms with Crippen LogP contribution in [-0.4, -0.2) is 36.7 Å². The van der Waals surface area contributed by atoms with Crippen molar-refractivity contribution in [2.24, 2.45) is 65.1 Å². The smallest absolute Gasteiger partial charge is 0.311 e. The first kappa shape index (κ1) is 20.0. The summed E-state index contributed by atoms with van der Waals surface area (Å²) in [5.41, 5.74) is 0. The summed E-state index contributed by atoms with van der Waals surface area (Å²) in [7, 11) is 0. The molecule has 8 rings (SSSR count). The van der Waals surface area contributed by atoms with Gasteiger partial charge in [0.15, 0.2) is 6.79 Å². The molecule has 0 spiro atoms. The summed E-state index contributed by atoms with van der Waals surface area (Å²) in [4.78, 5) is 37.4. The van der Waals surface area contributed by atoms with E-state index in [1.807, 2.05) is 6.92 Å². The highest BCUT2D eigenvalue weighted by atomic mass is 16.7. The largest absolute Gasteiger partial charge is 0.462 e. The van der Waals surface area contributed by atoms with Crippen molar-refractivity contribution in [3.8, 4) is 0 Å². The minimum atomic E-state index is -0.111. The van der Waals surface area contributed by atoms with Crippen molar-refractivity contribution in [2.45, 2.75) is 70.5 Å². The third kappa shape index (κ3) is 2.65. The Labute approximate surface area is 189 Å². The molecule has 13 atom stereocenters. The molecule has 0 heterocycles. The van der Waals surface area contributed by atoms with Crippen LogP contribution >= 0.6 is 0 Å². The number of carbonyl (C=O) groups is 3. The van der Waals surface area contributed by atoms with Crippen LogP contribution in [0.3, 0.4) is 0 Å². The van der Waals surface area contributed by atoms with Gasteiger partial charge < -0.3 is 14.2 Å². The van der Waals surface area contributed by atoms with Gasteiger partial charge in [-0.15, -0.1) is 0 Å². The van der Waals surface area contributed by atoms with E-state index < -0.39 is 0 Å². The number of hydrogen-bond acceptors (Lipinski definition) is 6. The van der Waals surface area contributed by atoms with Gasteiger partial charge in [-0.1, -0.05) is 6.92 Å². The molecule has 8 fully saturated rings. The van der Waals surface area contributed by atoms with Gasteiger partial charge in [-0.25, -0.2) is 0 Å². The van der Waals surface area contributed by atoms with Crippen molar-refractivity contribution in [3.63, 3.8) is 0 Å². The van der Waals surface area contributed by atoms with Crippen molar-refractivity contribution in [1.29, 1.82) is 0 Å². The van der Waals surface area contributed by atoms with Gasteiger partial charge in [0.05, 0.1) is 12.0 Å². The fourth-order valence-electron chi connectivity index (χ4n) is 10.1. The van der Waals surface area contributed by atoms with E-state index in [1.165, 1.54) is 0 Å². The molecule has 0 aromatic rings. The monoisotopic (exact) mass is 442 g/mol. The fraction of sp³-hybridized carbons (Fsp3) is 0.885. The van der Waals surface area contributed by atoms with Gasteiger partial charge in [0.2, 0.25) is 0 Å². The van der Waals surface area contributed by atoms with Gasteiger partial charge in [0.25, 0.3) is 0 Å². The van der Waals surface area contributed by atoms with Gasteiger partial charge in [0.1, 0.15) is 11.9 Å². The summed E-state index contributed by atoms with van der Waals surface area (Å²) in [6.07, 6.45) is 7.82. The topological polar surface area (TPSA) is 78.9 Å². The molecule has 13 unspecified atom stereocenters. The number of esters is 2. The summed E-state index contributed by atoms with van der Waals surface area (Å²) < 4.78 is 17.5. The molecule has 0 aliphatic heterocycles. The SMILES string of the molecule is CCC(=O)OC1CC2CC1C1C3CC(CC3C(=O)OCOC3C4CC5CC(C4=O)C3C5)C21. The molecule has 0 saturated heterocycles. The zero-order valence-electron chi connectivity index (χ0n) is 18.8. The van der Waals surface area contributed by atoms with Crippen molar-refractivity contribution >= 4 is 17.7 Å². The van der Waals surface area contributed by atoms with Crippen LogP contribution in [0.15, 0.2) is 0 Å². The molecular formula is C26H34O6. The second-order valence-electron chi connectivity index (χ2n) is 12.0. The molecule has 8 aliphatic carbocycles. The van der Waals surface area contributed by atoms with E-state index in [2.05, 4.69) is 0 Å². The van der Waals surface area contributed by atoms with Gasteiger partial charge in [-0.2, -0.15) is 0 Å². The Morgan fingerprint density at radius 2 is 1.66 bits per heavy atom. The van der Waals surface area contributed by atoms with Crippen LogP contribution in [0.5, 0.6) is 0 Å². The van der Waals surface area contributed by atoms with Crippen LogP contribution < -0.4 is 0 Å². The van der Waals surface area contributed by atoms with Crippen LogP contribution in [0.2, 0.25) is 0 Å². The number of carbonyl (C=O) groups excluding carboxylic acids is 3. The van der Waals surface area contributed by atoms with Gasteiger partial charge in [-0.05, 0) is 92.3 Å². The highest BCUT2D eigenvalue weighted by Crippen LogP contribution is 2.69. The number of rotatable bonds is 6. The number of Topliss-reactive ketones (excluding diaryl/α,β-unsaturated/α-hetero) is 1. The van der Waals surface area contributed by atoms with Gasteiger partial charge in [-0.3, -0.25) is 14.4 Å². The summed E-state index contributed by atoms with van der Waals surface area (Å²) in [5.74, 6) is 4.78. The Balaban J connectivity index is 0.970. The van der Waals surface area contributed by atoms with E-state index in [1.54, 1.807) is 0 Å². The molecule has 0 aromatic heterocycles. The van der Waals surface area contributed by atoms with Crippen molar-refractivity contribution < 1.29 is 28.6 Å². The first-order valence-electron chi connectivity index (χ1n) is 13.0. The summed E-state index contributed by atoms with van der Waals surface area (Å²) in [6, 6.07) is 0. The Morgan fingerprint density at radius 1 is 0.875 bits per heavy atom. The van der Waals surface area contributed by atoms with E-state index >= 15 is 0 Å². The molecule has 6 nitrogen and oxygen atoms in total. The molecule has 8 saturated carbocycles. The summed E-state index contributed by atoms with van der Waals surface area (Å²) in [6.45, 7) is 1.84. The normalized spacial score (nSPS) is 53.3. The Kier molecular flexibility index (Phi) is 4.39. The minimum absolute atomic E-state index is 0.00800. The third-order valence-corrected chi connectivity index (χ3v) is 10.9. The number of ketones is 1. The van der Waals surface area contributed by atoms with Gasteiger partial charge in [0, 0.05) is 18.3 Å². The van der Waals surface area contributed by atoms with E-state index in [4.69, 9.17) is 14.2 Å². The van der Waals surface area contributed by atoms with Crippen molar-refractivity contribution in [2.75, 3.05) is 6.79 Å². The van der Waals surface area contributed by atoms with Crippen LogP contribution in [-0.2, 0) is 28.6 Å². The van der Waals surface area contributed by atoms with E-state index in [9.17, 15) is 14.4 Å². The molecule has 0 radical (unpaired) electrons. The maximum atomic E-state index is 13.0. The number of ether oxygens (including phenoxy) is 3. The van der Waals surface area contributed by atoms with E-state index in [-0.39, 0.29) is 48.7 Å². The molecule has 32 heavy (non-hydrogen) atoms. The highest BCUT2D eigenvalue weighted by molar-refractivity contribution is 5.88. The molecular weight excluding hydrogens is 408 g/mol. The fourth-order valence-corrected chi connectivity index (χ4v) is 10.1. The second-order valence-corrected chi connectivity index (χ2v) is 12.0. The number of fused-ring (bicyclic) bond motifs is 9. The quantitative estimate of drug-likeness (QED) is 0.357. The maximum absolute atomic E-state index is 13.0. The maximum Gasteiger partial charge on any atom is 0.311 e. The second kappa shape index (κ2) is 7.04. The van der Waals surface area contributed by atoms with Crippen LogP contribution in [0, 0.1) is 65.1 Å². The lowest BCUT2D eigenvalue weighted by atomic mass is 9.67. The van der Waals surface area contributed by atoms with Gasteiger partial charge >= 0.3 is 11.9 Å². The lowest BCUT2D eigenvalue weighted by Gasteiger charge is -2.40. The number of hydrogen-bond donors (Lipinski definition) is 0. The first-order chi connectivity index (χ1) is 15.5. The highest BCUT2D eigenvalue weighted by Gasteiger charge is 2.66. The zero-order chi connectivity index (χ0) is 21.7. The first-order valence-corrected chi connectivity index (χ1v) is 13.0. The molecule has 174 valence electrons. The lowest BCUT2D eigenvalue weighted by molar-refractivity contribution is -0.176. The summed E-state index contributed by atoms with van der Waals surface area (Å²) >= 11 is 0. The predicted molar refractivity (Wildman–Crippen MR) is 112 cm³/mol. The van der Waals surface area contributed by atoms with Crippen LogP contribution in [0.4, 0.5) is 0 Å². The predicted octanol–water partition coefficient (Wildman–Crippen LogP) is 3.37. The Morgan fingerprint density at radius 3 is 2.47 bits per heavy atom. The lowest BCUT2D eigenvalue weighted by Crippen LogP contribution is -2.42. The summed E-state index contributed by atoms with van der Waals surface area (Å²) in [5, 5.41) is 0. The standard InChI is InChI=1S/C26H34O6/c1-2-21(27)32-20-9-13-8-18(20)23-14-6-12(22(13)23)7-17(14)26(29)31-10-30-25-16-4-11-3-15(16)24(28)19(25)5-11/h11-20,22-23,25H,2-10H2,1H3. The molecule has 6 heteroatoms. The van der Waals surface area contributed by atoms with E-state index in [0.29, 0.717) is 53.6 Å². The Hall–Kier alpha value is -1.43.